The third-order valence-electron chi connectivity index (χ3n) is 15.6. The van der Waals surface area contributed by atoms with Crippen LogP contribution < -0.4 is 9.80 Å². The summed E-state index contributed by atoms with van der Waals surface area (Å²) in [4.78, 5) is 5.03. The standard InChI is InChI=1S/C68H48N2/c1-67(2)59-34-17-14-31-54(59)56-39-38-51(43-63(56)67)69(50-29-20-24-47(41-50)45-21-6-3-7-22-45)52-42-58-55-32-15-18-35-60(55)68(61-36-19-16-33-57(61)65-53-30-13-12-23-46(53)37-40-62(65)68)66(58)64(44-52)70(48-25-8-4-9-26-48)49-27-10-5-11-28-49/h3-44H,1-2H3. The molecule has 11 aromatic rings. The van der Waals surface area contributed by atoms with Gasteiger partial charge in [-0.3, -0.25) is 0 Å². The van der Waals surface area contributed by atoms with Crippen LogP contribution in [0.3, 0.4) is 0 Å². The number of fused-ring (bicyclic) bond motifs is 15. The zero-order valence-corrected chi connectivity index (χ0v) is 39.1. The van der Waals surface area contributed by atoms with Crippen molar-refractivity contribution in [2.24, 2.45) is 0 Å². The van der Waals surface area contributed by atoms with Crippen molar-refractivity contribution in [2.75, 3.05) is 9.80 Å². The topological polar surface area (TPSA) is 6.48 Å². The number of nitrogens with zero attached hydrogens (tertiary/aromatic N) is 2. The zero-order valence-electron chi connectivity index (χ0n) is 39.1. The van der Waals surface area contributed by atoms with Gasteiger partial charge in [0.25, 0.3) is 0 Å². The molecule has 2 heteroatoms. The molecule has 70 heavy (non-hydrogen) atoms. The SMILES string of the molecule is CC1(C)c2ccccc2-c2ccc(N(c3cccc(-c4ccccc4)c3)c3cc4c(c(N(c5ccccc5)c5ccccc5)c3)C3(c5ccccc5-4)c4ccccc4-c4c3ccc3ccccc43)cc21. The van der Waals surface area contributed by atoms with Crippen LogP contribution in [0.25, 0.3) is 55.3 Å². The fraction of sp³-hybridized carbons (Fsp3) is 0.0588. The monoisotopic (exact) mass is 892 g/mol. The van der Waals surface area contributed by atoms with Crippen LogP contribution in [0.2, 0.25) is 0 Å². The lowest BCUT2D eigenvalue weighted by molar-refractivity contribution is 0.660. The Kier molecular flexibility index (Phi) is 8.88. The number of hydrogen-bond donors (Lipinski definition) is 0. The smallest absolute Gasteiger partial charge is 0.0746 e. The van der Waals surface area contributed by atoms with Gasteiger partial charge in [0, 0.05) is 39.4 Å². The molecule has 0 saturated heterocycles. The largest absolute Gasteiger partial charge is 0.310 e. The van der Waals surface area contributed by atoms with Gasteiger partial charge in [0.1, 0.15) is 0 Å². The number of benzene rings is 11. The van der Waals surface area contributed by atoms with Crippen LogP contribution >= 0.6 is 0 Å². The van der Waals surface area contributed by atoms with E-state index in [2.05, 4.69) is 278 Å². The molecule has 0 bridgehead atoms. The van der Waals surface area contributed by atoms with Gasteiger partial charge in [0.05, 0.1) is 11.1 Å². The van der Waals surface area contributed by atoms with Crippen LogP contribution in [0.1, 0.15) is 47.2 Å². The van der Waals surface area contributed by atoms with Crippen molar-refractivity contribution >= 4 is 44.9 Å². The third kappa shape index (κ3) is 5.74. The molecule has 14 rings (SSSR count). The lowest BCUT2D eigenvalue weighted by atomic mass is 9.69. The van der Waals surface area contributed by atoms with Crippen LogP contribution in [-0.2, 0) is 10.8 Å². The minimum absolute atomic E-state index is 0.182. The van der Waals surface area contributed by atoms with E-state index in [1.165, 1.54) is 88.7 Å². The van der Waals surface area contributed by atoms with Crippen LogP contribution in [0.15, 0.2) is 255 Å². The van der Waals surface area contributed by atoms with Crippen molar-refractivity contribution in [3.63, 3.8) is 0 Å². The molecule has 0 amide bonds. The minimum Gasteiger partial charge on any atom is -0.310 e. The van der Waals surface area contributed by atoms with Gasteiger partial charge < -0.3 is 9.80 Å². The van der Waals surface area contributed by atoms with Gasteiger partial charge in [-0.2, -0.15) is 0 Å². The second-order valence-corrected chi connectivity index (χ2v) is 19.6. The average Bonchev–Trinajstić information content (AvgIpc) is 3.98. The second-order valence-electron chi connectivity index (χ2n) is 19.6. The Morgan fingerprint density at radius 1 is 0.300 bits per heavy atom. The molecule has 330 valence electrons. The normalized spacial score (nSPS) is 15.2. The highest BCUT2D eigenvalue weighted by Crippen LogP contribution is 2.67. The Morgan fingerprint density at radius 2 is 0.843 bits per heavy atom. The summed E-state index contributed by atoms with van der Waals surface area (Å²) in [5, 5.41) is 2.53. The predicted octanol–water partition coefficient (Wildman–Crippen LogP) is 18.1. The van der Waals surface area contributed by atoms with Crippen LogP contribution in [0.4, 0.5) is 34.1 Å². The van der Waals surface area contributed by atoms with Crippen molar-refractivity contribution in [1.29, 1.82) is 0 Å². The van der Waals surface area contributed by atoms with E-state index in [1.807, 2.05) is 0 Å². The summed E-state index contributed by atoms with van der Waals surface area (Å²) < 4.78 is 0. The molecule has 0 aromatic heterocycles. The molecule has 0 aliphatic heterocycles. The van der Waals surface area contributed by atoms with Crippen molar-refractivity contribution in [3.05, 3.63) is 288 Å². The predicted molar refractivity (Wildman–Crippen MR) is 293 cm³/mol. The van der Waals surface area contributed by atoms with Gasteiger partial charge in [-0.05, 0) is 144 Å². The maximum atomic E-state index is 2.52. The summed E-state index contributed by atoms with van der Waals surface area (Å²) in [6.45, 7) is 4.76. The van der Waals surface area contributed by atoms with E-state index in [4.69, 9.17) is 0 Å². The first-order valence-corrected chi connectivity index (χ1v) is 24.5. The van der Waals surface area contributed by atoms with Crippen molar-refractivity contribution in [1.82, 2.24) is 0 Å². The lowest BCUT2D eigenvalue weighted by Crippen LogP contribution is -2.28. The Hall–Kier alpha value is -8.72. The maximum Gasteiger partial charge on any atom is 0.0746 e. The summed E-state index contributed by atoms with van der Waals surface area (Å²) in [6.07, 6.45) is 0. The van der Waals surface area contributed by atoms with E-state index in [0.29, 0.717) is 0 Å². The molecule has 1 spiro atoms. The van der Waals surface area contributed by atoms with Crippen molar-refractivity contribution in [3.8, 4) is 44.5 Å². The fourth-order valence-corrected chi connectivity index (χ4v) is 12.6. The molecule has 0 N–H and O–H groups in total. The van der Waals surface area contributed by atoms with Crippen molar-refractivity contribution in [2.45, 2.75) is 24.7 Å². The molecular weight excluding hydrogens is 845 g/mol. The molecular formula is C68H48N2. The van der Waals surface area contributed by atoms with Gasteiger partial charge in [0.2, 0.25) is 0 Å². The number of para-hydroxylation sites is 2. The summed E-state index contributed by atoms with van der Waals surface area (Å²) in [5.74, 6) is 0. The van der Waals surface area contributed by atoms with E-state index in [0.717, 1.165) is 34.1 Å². The molecule has 0 fully saturated rings. The number of hydrogen-bond acceptors (Lipinski definition) is 2. The van der Waals surface area contributed by atoms with E-state index in [1.54, 1.807) is 0 Å². The van der Waals surface area contributed by atoms with E-state index >= 15 is 0 Å². The van der Waals surface area contributed by atoms with Crippen LogP contribution in [0, 0.1) is 0 Å². The average molecular weight is 893 g/mol. The van der Waals surface area contributed by atoms with E-state index in [-0.39, 0.29) is 5.41 Å². The molecule has 2 nitrogen and oxygen atoms in total. The summed E-state index contributed by atoms with van der Waals surface area (Å²) in [5.41, 5.74) is 23.8. The van der Waals surface area contributed by atoms with Gasteiger partial charge >= 0.3 is 0 Å². The van der Waals surface area contributed by atoms with Crippen molar-refractivity contribution < 1.29 is 0 Å². The zero-order chi connectivity index (χ0) is 46.6. The summed E-state index contributed by atoms with van der Waals surface area (Å²) in [7, 11) is 0. The molecule has 1 unspecified atom stereocenters. The number of anilines is 6. The third-order valence-corrected chi connectivity index (χ3v) is 15.6. The van der Waals surface area contributed by atoms with Gasteiger partial charge in [0.15, 0.2) is 0 Å². The summed E-state index contributed by atoms with van der Waals surface area (Å²) >= 11 is 0. The molecule has 11 aromatic carbocycles. The highest BCUT2D eigenvalue weighted by molar-refractivity contribution is 6.08. The summed E-state index contributed by atoms with van der Waals surface area (Å²) in [6, 6.07) is 95.0. The highest BCUT2D eigenvalue weighted by atomic mass is 15.2. The van der Waals surface area contributed by atoms with Gasteiger partial charge in [-0.25, -0.2) is 0 Å². The second kappa shape index (κ2) is 15.4. The van der Waals surface area contributed by atoms with Gasteiger partial charge in [-0.1, -0.05) is 208 Å². The van der Waals surface area contributed by atoms with E-state index in [9.17, 15) is 0 Å². The molecule has 3 aliphatic carbocycles. The molecule has 0 radical (unpaired) electrons. The molecule has 1 atom stereocenters. The number of rotatable bonds is 7. The fourth-order valence-electron chi connectivity index (χ4n) is 12.6. The van der Waals surface area contributed by atoms with Crippen LogP contribution in [0.5, 0.6) is 0 Å². The Balaban J connectivity index is 1.12. The van der Waals surface area contributed by atoms with E-state index < -0.39 is 5.41 Å². The Morgan fingerprint density at radius 3 is 1.57 bits per heavy atom. The first-order chi connectivity index (χ1) is 34.5. The quantitative estimate of drug-likeness (QED) is 0.157. The first-order valence-electron chi connectivity index (χ1n) is 24.5. The van der Waals surface area contributed by atoms with Crippen LogP contribution in [-0.4, -0.2) is 0 Å². The highest BCUT2D eigenvalue weighted by Gasteiger charge is 2.54. The minimum atomic E-state index is -0.626. The Bertz CT molecular complexity index is 3830. The van der Waals surface area contributed by atoms with Gasteiger partial charge in [-0.15, -0.1) is 0 Å². The molecule has 0 saturated carbocycles. The first kappa shape index (κ1) is 40.4. The lowest BCUT2D eigenvalue weighted by Gasteiger charge is -2.37. The molecule has 0 heterocycles. The Labute approximate surface area is 410 Å². The molecule has 3 aliphatic rings. The maximum absolute atomic E-state index is 2.52.